The highest BCUT2D eigenvalue weighted by Crippen LogP contribution is 2.08. The number of esters is 1. The molecule has 0 spiro atoms. The van der Waals surface area contributed by atoms with Crippen molar-refractivity contribution in [2.75, 3.05) is 58.4 Å². The number of carbonyl (C=O) groups is 6. The molecule has 7 rings (SSSR count). The first-order chi connectivity index (χ1) is 35.4. The number of alkyl halides is 1. The van der Waals surface area contributed by atoms with Gasteiger partial charge in [-0.3, -0.25) is 19.2 Å². The third kappa shape index (κ3) is 28.2. The fourth-order valence-electron chi connectivity index (χ4n) is 6.86. The lowest BCUT2D eigenvalue weighted by molar-refractivity contribution is -0.140. The number of carboxylic acids is 1. The summed E-state index contributed by atoms with van der Waals surface area (Å²) in [6, 6.07) is 47.6. The lowest BCUT2D eigenvalue weighted by atomic mass is 10.0. The van der Waals surface area contributed by atoms with Crippen LogP contribution in [-0.2, 0) is 65.7 Å². The predicted octanol–water partition coefficient (Wildman–Crippen LogP) is 4.37. The fourth-order valence-corrected chi connectivity index (χ4v) is 6.86. The number of nitrogens with one attached hydrogen (secondary N) is 7. The van der Waals surface area contributed by atoms with Crippen LogP contribution in [0.15, 0.2) is 152 Å². The monoisotopic (exact) mass is 1120 g/mol. The molecule has 10 N–H and O–H groups in total. The zero-order valence-corrected chi connectivity index (χ0v) is 44.3. The van der Waals surface area contributed by atoms with E-state index in [2.05, 4.69) is 94.9 Å². The van der Waals surface area contributed by atoms with E-state index in [-0.39, 0.29) is 55.8 Å². The largest absolute Gasteiger partial charge is 0.480 e. The molecule has 4 atom stereocenters. The van der Waals surface area contributed by atoms with E-state index in [1.165, 1.54) is 18.2 Å². The Morgan fingerprint density at radius 1 is 0.712 bits per heavy atom. The molecule has 4 amide bonds. The molecule has 73 heavy (non-hydrogen) atoms. The summed E-state index contributed by atoms with van der Waals surface area (Å²) in [5.74, 6) is -1.66. The van der Waals surface area contributed by atoms with E-state index in [1.54, 1.807) is 0 Å². The van der Waals surface area contributed by atoms with E-state index in [0.29, 0.717) is 19.0 Å². The smallest absolute Gasteiger partial charge is 0.408 e. The van der Waals surface area contributed by atoms with E-state index in [1.807, 2.05) is 140 Å². The highest BCUT2D eigenvalue weighted by Gasteiger charge is 2.26. The van der Waals surface area contributed by atoms with Gasteiger partial charge in [-0.2, -0.15) is 0 Å². The van der Waals surface area contributed by atoms with Crippen molar-refractivity contribution in [2.24, 2.45) is 5.73 Å². The van der Waals surface area contributed by atoms with E-state index in [9.17, 15) is 33.9 Å². The first-order valence-corrected chi connectivity index (χ1v) is 26.1. The Hall–Kier alpha value is -6.71. The van der Waals surface area contributed by atoms with Gasteiger partial charge in [-0.1, -0.05) is 174 Å². The number of carboxylic acid groups (broad SMARTS) is 1. The third-order valence-corrected chi connectivity index (χ3v) is 10.6. The Labute approximate surface area is 443 Å². The normalized spacial score (nSPS) is 15.0. The Bertz CT molecular complexity index is 2280. The van der Waals surface area contributed by atoms with Gasteiger partial charge in [0.25, 0.3) is 0 Å². The zero-order chi connectivity index (χ0) is 53.5. The Morgan fingerprint density at radius 2 is 1.19 bits per heavy atom. The fraction of sp³-hybridized carbons (Fsp3) is 0.345. The Kier molecular flexibility index (Phi) is 33.3. The molecule has 5 aromatic carbocycles. The molecule has 0 radical (unpaired) electrons. The molecular formula is C55H73IN8O9. The molecule has 0 aliphatic carbocycles. The molecule has 0 bridgehead atoms. The van der Waals surface area contributed by atoms with Crippen LogP contribution in [-0.4, -0.2) is 123 Å². The van der Waals surface area contributed by atoms with Crippen LogP contribution in [0.4, 0.5) is 4.79 Å². The van der Waals surface area contributed by atoms with Crippen molar-refractivity contribution in [3.63, 3.8) is 0 Å². The van der Waals surface area contributed by atoms with Crippen LogP contribution in [0.1, 0.15) is 34.7 Å². The number of hydrogen-bond donors (Lipinski definition) is 9. The highest BCUT2D eigenvalue weighted by atomic mass is 127. The molecule has 394 valence electrons. The second kappa shape index (κ2) is 38.9. The number of halogens is 1. The van der Waals surface area contributed by atoms with Gasteiger partial charge >= 0.3 is 18.0 Å². The van der Waals surface area contributed by atoms with E-state index in [0.717, 1.165) is 49.2 Å². The number of ether oxygens (including phenoxy) is 2. The molecule has 2 heterocycles. The predicted molar refractivity (Wildman–Crippen MR) is 294 cm³/mol. The van der Waals surface area contributed by atoms with Crippen LogP contribution in [0.5, 0.6) is 0 Å². The number of likely N-dealkylation sites (N-methyl/N-ethyl adjacent to an activating group) is 2. The van der Waals surface area contributed by atoms with E-state index >= 15 is 0 Å². The summed E-state index contributed by atoms with van der Waals surface area (Å²) in [7, 11) is 3.11. The molecule has 5 aromatic rings. The van der Waals surface area contributed by atoms with Gasteiger partial charge in [-0.05, 0) is 59.6 Å². The first-order valence-electron chi connectivity index (χ1n) is 23.9. The van der Waals surface area contributed by atoms with Gasteiger partial charge < -0.3 is 57.5 Å². The number of piperazine rings is 2. The molecule has 2 fully saturated rings. The van der Waals surface area contributed by atoms with Gasteiger partial charge in [-0.25, -0.2) is 9.59 Å². The maximum atomic E-state index is 11.7. The quantitative estimate of drug-likeness (QED) is 0.0379. The number of hydrogen-bond acceptors (Lipinski definition) is 12. The van der Waals surface area contributed by atoms with Crippen LogP contribution in [0.2, 0.25) is 0 Å². The number of nitrogens with two attached hydrogens (primary N) is 1. The standard InChI is InChI=1S/C17H17NO4.C12H18N2O.C11H12N2O2.C11H16N2.C3H7NO2.CH3I/c19-16(20)15(11-13-7-3-1-4-8-13)18-17(21)22-12-14-9-5-2-6-10-14;1-3-14-12(15)11(13-2)9-10-7-5-4-6-8-10;14-10-7-12-11(15)9(13-10)6-8-4-2-1-3-5-8;1-2-4-10(5-3-1)8-11-9-12-6-7-13-11;1-6-3(5)2-4;1-2/h1-10,15H,11-12H2,(H,18,21)(H,19,20);4-8,11,13H,3,9H2,1-2H3,(H,14,15);1-5,9H,6-7H2,(H,12,15)(H,13,14);1-5,11-13H,6-9H2;2,4H2,1H3;1H3. The average Bonchev–Trinajstić information content (AvgIpc) is 3.43. The maximum Gasteiger partial charge on any atom is 0.408 e. The minimum absolute atomic E-state index is 0.0312. The lowest BCUT2D eigenvalue weighted by Crippen LogP contribution is -2.56. The van der Waals surface area contributed by atoms with Crippen molar-refractivity contribution in [3.05, 3.63) is 179 Å². The van der Waals surface area contributed by atoms with Crippen LogP contribution in [0, 0.1) is 0 Å². The summed E-state index contributed by atoms with van der Waals surface area (Å²) in [4.78, 5) is 68.9. The molecule has 18 heteroatoms. The minimum Gasteiger partial charge on any atom is -0.480 e. The average molecular weight is 1120 g/mol. The molecule has 0 saturated carbocycles. The van der Waals surface area contributed by atoms with Gasteiger partial charge in [0.15, 0.2) is 0 Å². The highest BCUT2D eigenvalue weighted by molar-refractivity contribution is 14.1. The maximum absolute atomic E-state index is 11.7. The van der Waals surface area contributed by atoms with Gasteiger partial charge in [0.2, 0.25) is 17.7 Å². The third-order valence-electron chi connectivity index (χ3n) is 10.6. The molecule has 4 unspecified atom stereocenters. The second-order valence-corrected chi connectivity index (χ2v) is 16.1. The van der Waals surface area contributed by atoms with Crippen LogP contribution in [0.25, 0.3) is 0 Å². The summed E-state index contributed by atoms with van der Waals surface area (Å²) < 4.78 is 9.17. The molecular weight excluding hydrogens is 1040 g/mol. The summed E-state index contributed by atoms with van der Waals surface area (Å²) in [5.41, 5.74) is 10.1. The van der Waals surface area contributed by atoms with Gasteiger partial charge in [0, 0.05) is 45.1 Å². The number of alkyl carbamates (subject to hydrolysis) is 1. The number of carbonyl (C=O) groups excluding carboxylic acids is 5. The van der Waals surface area contributed by atoms with Gasteiger partial charge in [0.05, 0.1) is 26.2 Å². The Balaban J connectivity index is 0.000000323. The van der Waals surface area contributed by atoms with Crippen LogP contribution in [0.3, 0.4) is 0 Å². The summed E-state index contributed by atoms with van der Waals surface area (Å²) in [5, 5.41) is 29.5. The first kappa shape index (κ1) is 62.4. The second-order valence-electron chi connectivity index (χ2n) is 16.1. The van der Waals surface area contributed by atoms with Gasteiger partial charge in [-0.15, -0.1) is 0 Å². The zero-order valence-electron chi connectivity index (χ0n) is 42.2. The molecule has 17 nitrogen and oxygen atoms in total. The van der Waals surface area contributed by atoms with Gasteiger partial charge in [0.1, 0.15) is 18.7 Å². The number of methoxy groups -OCH3 is 1. The van der Waals surface area contributed by atoms with Crippen molar-refractivity contribution in [1.29, 1.82) is 0 Å². The van der Waals surface area contributed by atoms with Crippen molar-refractivity contribution >= 4 is 58.3 Å². The van der Waals surface area contributed by atoms with Crippen LogP contribution >= 0.6 is 22.6 Å². The Morgan fingerprint density at radius 3 is 1.62 bits per heavy atom. The molecule has 2 aliphatic rings. The minimum atomic E-state index is -1.10. The van der Waals surface area contributed by atoms with E-state index in [4.69, 9.17) is 10.5 Å². The topological polar surface area (TPSA) is 251 Å². The van der Waals surface area contributed by atoms with Crippen LogP contribution < -0.4 is 43.0 Å². The molecule has 2 aliphatic heterocycles. The van der Waals surface area contributed by atoms with E-state index < -0.39 is 24.1 Å². The molecule has 2 saturated heterocycles. The van der Waals surface area contributed by atoms with Crippen molar-refractivity contribution in [1.82, 2.24) is 37.2 Å². The number of rotatable bonds is 16. The number of amides is 4. The summed E-state index contributed by atoms with van der Waals surface area (Å²) >= 11 is 2.15. The SMILES string of the molecule is CCNC(=O)C(Cc1ccccc1)NC.CI.COC(=O)CN.O=C(NC(Cc1ccccc1)C(=O)O)OCc1ccccc1.O=C1CNC(=O)C(Cc2ccccc2)N1.c1ccc(CC2CNCCN2)cc1. The summed E-state index contributed by atoms with van der Waals surface area (Å²) in [6.07, 6.45) is 1.86. The number of aliphatic carboxylic acids is 1. The molecule has 0 aromatic heterocycles. The summed E-state index contributed by atoms with van der Waals surface area (Å²) in [6.45, 7) is 6.04. The lowest BCUT2D eigenvalue weighted by Gasteiger charge is -2.24. The van der Waals surface area contributed by atoms with Crippen molar-refractivity contribution < 1.29 is 43.3 Å². The van der Waals surface area contributed by atoms with Crippen molar-refractivity contribution in [3.8, 4) is 0 Å². The van der Waals surface area contributed by atoms with Crippen molar-refractivity contribution in [2.45, 2.75) is 63.4 Å². The number of benzene rings is 5.